The molecule has 0 bridgehead atoms. The fraction of sp³-hybridized carbons (Fsp3) is 0.133. The van der Waals surface area contributed by atoms with Crippen molar-refractivity contribution < 1.29 is 9.90 Å². The van der Waals surface area contributed by atoms with Gasteiger partial charge in [-0.1, -0.05) is 29.8 Å². The first kappa shape index (κ1) is 13.4. The summed E-state index contributed by atoms with van der Waals surface area (Å²) < 4.78 is 0. The van der Waals surface area contributed by atoms with Crippen LogP contribution in [0.15, 0.2) is 42.5 Å². The molecule has 0 saturated heterocycles. The van der Waals surface area contributed by atoms with Gasteiger partial charge in [0.05, 0.1) is 5.56 Å². The highest BCUT2D eigenvalue weighted by molar-refractivity contribution is 6.30. The van der Waals surface area contributed by atoms with E-state index in [4.69, 9.17) is 16.7 Å². The van der Waals surface area contributed by atoms with E-state index in [0.29, 0.717) is 17.3 Å². The van der Waals surface area contributed by atoms with Crippen LogP contribution in [0, 0.1) is 6.92 Å². The van der Waals surface area contributed by atoms with Crippen molar-refractivity contribution in [3.05, 3.63) is 64.2 Å². The number of halogens is 1. The zero-order valence-corrected chi connectivity index (χ0v) is 11.2. The van der Waals surface area contributed by atoms with E-state index >= 15 is 0 Å². The third kappa shape index (κ3) is 3.48. The number of hydrogen-bond acceptors (Lipinski definition) is 2. The summed E-state index contributed by atoms with van der Waals surface area (Å²) in [5, 5.41) is 13.0. The number of nitrogens with one attached hydrogen (secondary N) is 1. The number of carboxylic acids is 1. The molecule has 2 aromatic carbocycles. The molecule has 0 radical (unpaired) electrons. The maximum Gasteiger partial charge on any atom is 0.337 e. The van der Waals surface area contributed by atoms with Gasteiger partial charge >= 0.3 is 5.97 Å². The first-order valence-electron chi connectivity index (χ1n) is 5.88. The molecule has 0 aliphatic heterocycles. The molecule has 3 nitrogen and oxygen atoms in total. The van der Waals surface area contributed by atoms with Gasteiger partial charge in [0, 0.05) is 17.3 Å². The van der Waals surface area contributed by atoms with Gasteiger partial charge in [-0.15, -0.1) is 0 Å². The van der Waals surface area contributed by atoms with Crippen molar-refractivity contribution in [2.75, 3.05) is 5.32 Å². The predicted octanol–water partition coefficient (Wildman–Crippen LogP) is 3.96. The van der Waals surface area contributed by atoms with Crippen LogP contribution in [0.3, 0.4) is 0 Å². The highest BCUT2D eigenvalue weighted by Gasteiger charge is 2.09. The second-order valence-corrected chi connectivity index (χ2v) is 4.77. The van der Waals surface area contributed by atoms with E-state index in [1.54, 1.807) is 12.1 Å². The quantitative estimate of drug-likeness (QED) is 0.888. The third-order valence-corrected chi connectivity index (χ3v) is 3.05. The Balaban J connectivity index is 2.16. The average molecular weight is 276 g/mol. The summed E-state index contributed by atoms with van der Waals surface area (Å²) >= 11 is 5.82. The van der Waals surface area contributed by atoms with Crippen molar-refractivity contribution in [1.29, 1.82) is 0 Å². The van der Waals surface area contributed by atoms with Crippen molar-refractivity contribution in [1.82, 2.24) is 0 Å². The summed E-state index contributed by atoms with van der Waals surface area (Å²) in [5.41, 5.74) is 2.97. The van der Waals surface area contributed by atoms with E-state index in [9.17, 15) is 4.79 Å². The van der Waals surface area contributed by atoms with Crippen molar-refractivity contribution >= 4 is 23.3 Å². The summed E-state index contributed by atoms with van der Waals surface area (Å²) in [5.74, 6) is -0.932. The largest absolute Gasteiger partial charge is 0.478 e. The monoisotopic (exact) mass is 275 g/mol. The van der Waals surface area contributed by atoms with Gasteiger partial charge in [0.1, 0.15) is 0 Å². The number of aromatic carboxylic acids is 1. The number of benzene rings is 2. The molecule has 0 amide bonds. The lowest BCUT2D eigenvalue weighted by atomic mass is 10.1. The molecule has 4 heteroatoms. The predicted molar refractivity (Wildman–Crippen MR) is 76.9 cm³/mol. The zero-order chi connectivity index (χ0) is 13.8. The van der Waals surface area contributed by atoms with Gasteiger partial charge in [-0.3, -0.25) is 0 Å². The van der Waals surface area contributed by atoms with Gasteiger partial charge in [-0.25, -0.2) is 4.79 Å². The maximum atomic E-state index is 11.1. The summed E-state index contributed by atoms with van der Waals surface area (Å²) in [4.78, 5) is 11.1. The van der Waals surface area contributed by atoms with Crippen LogP contribution in [0.5, 0.6) is 0 Å². The summed E-state index contributed by atoms with van der Waals surface area (Å²) in [7, 11) is 0. The SMILES string of the molecule is Cc1ccc(C(=O)O)c(NCc2ccc(Cl)cc2)c1. The smallest absolute Gasteiger partial charge is 0.337 e. The molecule has 0 aliphatic carbocycles. The normalized spacial score (nSPS) is 10.2. The molecule has 0 aromatic heterocycles. The van der Waals surface area contributed by atoms with Crippen LogP contribution in [0.25, 0.3) is 0 Å². The Kier molecular flexibility index (Phi) is 4.07. The summed E-state index contributed by atoms with van der Waals surface area (Å²) in [6, 6.07) is 12.7. The van der Waals surface area contributed by atoms with Gasteiger partial charge in [-0.05, 0) is 42.3 Å². The van der Waals surface area contributed by atoms with Gasteiger partial charge in [0.2, 0.25) is 0 Å². The zero-order valence-electron chi connectivity index (χ0n) is 10.5. The van der Waals surface area contributed by atoms with E-state index in [1.165, 1.54) is 0 Å². The molecule has 2 aromatic rings. The van der Waals surface area contributed by atoms with E-state index in [1.807, 2.05) is 37.3 Å². The van der Waals surface area contributed by atoms with Crippen LogP contribution in [-0.4, -0.2) is 11.1 Å². The van der Waals surface area contributed by atoms with Crippen LogP contribution < -0.4 is 5.32 Å². The summed E-state index contributed by atoms with van der Waals surface area (Å²) in [6.07, 6.45) is 0. The number of carboxylic acid groups (broad SMARTS) is 1. The molecular formula is C15H14ClNO2. The molecule has 98 valence electrons. The fourth-order valence-electron chi connectivity index (χ4n) is 1.79. The molecule has 0 heterocycles. The van der Waals surface area contributed by atoms with Crippen LogP contribution >= 0.6 is 11.6 Å². The molecule has 0 saturated carbocycles. The third-order valence-electron chi connectivity index (χ3n) is 2.80. The van der Waals surface area contributed by atoms with E-state index in [2.05, 4.69) is 5.32 Å². The van der Waals surface area contributed by atoms with Crippen molar-refractivity contribution in [2.45, 2.75) is 13.5 Å². The summed E-state index contributed by atoms with van der Waals surface area (Å²) in [6.45, 7) is 2.49. The van der Waals surface area contributed by atoms with Crippen molar-refractivity contribution in [3.63, 3.8) is 0 Å². The van der Waals surface area contributed by atoms with Gasteiger partial charge in [-0.2, -0.15) is 0 Å². The Hall–Kier alpha value is -2.00. The van der Waals surface area contributed by atoms with E-state index < -0.39 is 5.97 Å². The lowest BCUT2D eigenvalue weighted by Crippen LogP contribution is -2.06. The average Bonchev–Trinajstić information content (AvgIpc) is 2.38. The molecule has 0 fully saturated rings. The number of anilines is 1. The second kappa shape index (κ2) is 5.76. The van der Waals surface area contributed by atoms with Gasteiger partial charge in [0.15, 0.2) is 0 Å². The standard InChI is InChI=1S/C15H14ClNO2/c1-10-2-7-13(15(18)19)14(8-10)17-9-11-3-5-12(16)6-4-11/h2-8,17H,9H2,1H3,(H,18,19). The van der Waals surface area contributed by atoms with Crippen LogP contribution in [0.4, 0.5) is 5.69 Å². The Labute approximate surface area is 116 Å². The Morgan fingerprint density at radius 1 is 1.21 bits per heavy atom. The van der Waals surface area contributed by atoms with E-state index in [-0.39, 0.29) is 5.56 Å². The van der Waals surface area contributed by atoms with Crippen LogP contribution in [0.2, 0.25) is 5.02 Å². The lowest BCUT2D eigenvalue weighted by Gasteiger charge is -2.10. The maximum absolute atomic E-state index is 11.1. The molecule has 0 unspecified atom stereocenters. The molecule has 0 spiro atoms. The molecular weight excluding hydrogens is 262 g/mol. The van der Waals surface area contributed by atoms with Gasteiger partial charge < -0.3 is 10.4 Å². The molecule has 0 atom stereocenters. The molecule has 19 heavy (non-hydrogen) atoms. The van der Waals surface area contributed by atoms with Crippen molar-refractivity contribution in [3.8, 4) is 0 Å². The second-order valence-electron chi connectivity index (χ2n) is 4.33. The first-order chi connectivity index (χ1) is 9.06. The topological polar surface area (TPSA) is 49.3 Å². The Morgan fingerprint density at radius 2 is 1.89 bits per heavy atom. The number of rotatable bonds is 4. The number of carbonyl (C=O) groups is 1. The Bertz CT molecular complexity index is 594. The number of aryl methyl sites for hydroxylation is 1. The molecule has 2 rings (SSSR count). The van der Waals surface area contributed by atoms with Gasteiger partial charge in [0.25, 0.3) is 0 Å². The minimum atomic E-state index is -0.932. The first-order valence-corrected chi connectivity index (χ1v) is 6.26. The molecule has 0 aliphatic rings. The number of hydrogen-bond donors (Lipinski definition) is 2. The highest BCUT2D eigenvalue weighted by atomic mass is 35.5. The minimum Gasteiger partial charge on any atom is -0.478 e. The fourth-order valence-corrected chi connectivity index (χ4v) is 1.92. The molecule has 2 N–H and O–H groups in total. The Morgan fingerprint density at radius 3 is 2.53 bits per heavy atom. The lowest BCUT2D eigenvalue weighted by molar-refractivity contribution is 0.0698. The van der Waals surface area contributed by atoms with Crippen LogP contribution in [0.1, 0.15) is 21.5 Å². The highest BCUT2D eigenvalue weighted by Crippen LogP contribution is 2.19. The van der Waals surface area contributed by atoms with Crippen LogP contribution in [-0.2, 0) is 6.54 Å². The van der Waals surface area contributed by atoms with Crippen molar-refractivity contribution in [2.24, 2.45) is 0 Å². The minimum absolute atomic E-state index is 0.277. The van der Waals surface area contributed by atoms with E-state index in [0.717, 1.165) is 11.1 Å².